The third-order valence-corrected chi connectivity index (χ3v) is 5.57. The van der Waals surface area contributed by atoms with Crippen LogP contribution in [0.25, 0.3) is 16.7 Å². The van der Waals surface area contributed by atoms with Crippen LogP contribution in [0.15, 0.2) is 53.7 Å². The van der Waals surface area contributed by atoms with Crippen molar-refractivity contribution in [1.29, 1.82) is 0 Å². The third kappa shape index (κ3) is 4.34. The van der Waals surface area contributed by atoms with Crippen molar-refractivity contribution in [2.24, 2.45) is 0 Å². The van der Waals surface area contributed by atoms with Crippen LogP contribution in [-0.4, -0.2) is 25.2 Å². The van der Waals surface area contributed by atoms with E-state index in [1.807, 2.05) is 32.0 Å². The summed E-state index contributed by atoms with van der Waals surface area (Å²) in [6, 6.07) is 8.28. The first-order valence-corrected chi connectivity index (χ1v) is 10.1. The number of benzene rings is 2. The molecule has 0 saturated carbocycles. The number of halogens is 4. The molecule has 0 spiro atoms. The lowest BCUT2D eigenvalue weighted by molar-refractivity contribution is -0.137. The van der Waals surface area contributed by atoms with Gasteiger partial charge in [-0.3, -0.25) is 14.2 Å². The molecule has 170 valence electrons. The summed E-state index contributed by atoms with van der Waals surface area (Å²) in [6.07, 6.45) is -2.03. The number of alkyl halides is 3. The van der Waals surface area contributed by atoms with Gasteiger partial charge in [0.15, 0.2) is 5.65 Å². The first-order valence-electron chi connectivity index (χ1n) is 9.72. The van der Waals surface area contributed by atoms with E-state index < -0.39 is 29.8 Å². The summed E-state index contributed by atoms with van der Waals surface area (Å²) < 4.78 is 41.4. The van der Waals surface area contributed by atoms with E-state index in [4.69, 9.17) is 11.6 Å². The van der Waals surface area contributed by atoms with Crippen LogP contribution >= 0.6 is 11.6 Å². The van der Waals surface area contributed by atoms with Crippen LogP contribution < -0.4 is 10.9 Å². The zero-order valence-electron chi connectivity index (χ0n) is 17.4. The minimum Gasteiger partial charge on any atom is -0.323 e. The lowest BCUT2D eigenvalue weighted by Gasteiger charge is -2.12. The number of carbonyl (C=O) groups is 1. The highest BCUT2D eigenvalue weighted by Crippen LogP contribution is 2.33. The van der Waals surface area contributed by atoms with Gasteiger partial charge in [0.2, 0.25) is 5.91 Å². The maximum absolute atomic E-state index is 12.9. The number of fused-ring (bicyclic) bond motifs is 1. The third-order valence-electron chi connectivity index (χ3n) is 5.24. The van der Waals surface area contributed by atoms with Gasteiger partial charge in [-0.15, -0.1) is 0 Å². The summed E-state index contributed by atoms with van der Waals surface area (Å²) in [5, 5.41) is 6.72. The summed E-state index contributed by atoms with van der Waals surface area (Å²) in [6.45, 7) is 3.42. The number of aryl methyl sites for hydroxylation is 1. The predicted octanol–water partition coefficient (Wildman–Crippen LogP) is 4.51. The molecule has 2 aromatic heterocycles. The first-order chi connectivity index (χ1) is 15.6. The minimum absolute atomic E-state index is 0.0629. The Morgan fingerprint density at radius 3 is 2.67 bits per heavy atom. The summed E-state index contributed by atoms with van der Waals surface area (Å²) >= 11 is 5.91. The van der Waals surface area contributed by atoms with Crippen LogP contribution in [0, 0.1) is 13.8 Å². The van der Waals surface area contributed by atoms with Gasteiger partial charge < -0.3 is 5.32 Å². The molecule has 4 aromatic rings. The van der Waals surface area contributed by atoms with Crippen molar-refractivity contribution in [1.82, 2.24) is 19.3 Å². The molecule has 11 heteroatoms. The highest BCUT2D eigenvalue weighted by atomic mass is 35.5. The quantitative estimate of drug-likeness (QED) is 0.471. The van der Waals surface area contributed by atoms with Crippen molar-refractivity contribution < 1.29 is 18.0 Å². The normalized spacial score (nSPS) is 11.7. The van der Waals surface area contributed by atoms with Gasteiger partial charge in [0.05, 0.1) is 28.2 Å². The molecule has 0 bridgehead atoms. The Hall–Kier alpha value is -3.66. The van der Waals surface area contributed by atoms with Gasteiger partial charge in [0.25, 0.3) is 5.56 Å². The van der Waals surface area contributed by atoms with Gasteiger partial charge >= 0.3 is 6.18 Å². The summed E-state index contributed by atoms with van der Waals surface area (Å²) in [5.74, 6) is -0.735. The molecular weight excluding hydrogens is 459 g/mol. The smallest absolute Gasteiger partial charge is 0.323 e. The van der Waals surface area contributed by atoms with Crippen LogP contribution in [0.1, 0.15) is 16.7 Å². The van der Waals surface area contributed by atoms with Crippen molar-refractivity contribution in [3.8, 4) is 5.69 Å². The SMILES string of the molecule is Cc1cccc(-n2ncc3c(=O)n(CC(=O)Nc4cc(C(F)(F)F)ccc4Cl)cnc32)c1C. The van der Waals surface area contributed by atoms with Crippen LogP contribution in [0.4, 0.5) is 18.9 Å². The van der Waals surface area contributed by atoms with Gasteiger partial charge in [-0.2, -0.15) is 18.3 Å². The maximum Gasteiger partial charge on any atom is 0.416 e. The first kappa shape index (κ1) is 22.5. The average Bonchev–Trinajstić information content (AvgIpc) is 3.17. The second-order valence-electron chi connectivity index (χ2n) is 7.43. The molecule has 2 heterocycles. The number of aromatic nitrogens is 4. The fraction of sp³-hybridized carbons (Fsp3) is 0.182. The van der Waals surface area contributed by atoms with Gasteiger partial charge in [0, 0.05) is 0 Å². The number of hydrogen-bond donors (Lipinski definition) is 1. The Balaban J connectivity index is 1.62. The van der Waals surface area contributed by atoms with E-state index in [1.54, 1.807) is 4.68 Å². The zero-order valence-corrected chi connectivity index (χ0v) is 18.2. The predicted molar refractivity (Wildman–Crippen MR) is 118 cm³/mol. The van der Waals surface area contributed by atoms with Crippen molar-refractivity contribution in [3.63, 3.8) is 0 Å². The molecule has 0 unspecified atom stereocenters. The average molecular weight is 476 g/mol. The number of rotatable bonds is 4. The van der Waals surface area contributed by atoms with Gasteiger partial charge in [-0.25, -0.2) is 9.67 Å². The summed E-state index contributed by atoms with van der Waals surface area (Å²) in [4.78, 5) is 29.6. The molecule has 0 saturated heterocycles. The van der Waals surface area contributed by atoms with E-state index in [-0.39, 0.29) is 16.1 Å². The number of nitrogens with one attached hydrogen (secondary N) is 1. The van der Waals surface area contributed by atoms with E-state index >= 15 is 0 Å². The highest BCUT2D eigenvalue weighted by molar-refractivity contribution is 6.33. The Morgan fingerprint density at radius 1 is 1.18 bits per heavy atom. The lowest BCUT2D eigenvalue weighted by Crippen LogP contribution is -2.28. The minimum atomic E-state index is -4.59. The van der Waals surface area contributed by atoms with E-state index in [0.29, 0.717) is 5.65 Å². The number of nitrogens with zero attached hydrogens (tertiary/aromatic N) is 4. The maximum atomic E-state index is 12.9. The van der Waals surface area contributed by atoms with E-state index in [1.165, 1.54) is 12.5 Å². The lowest BCUT2D eigenvalue weighted by atomic mass is 10.1. The van der Waals surface area contributed by atoms with Crippen molar-refractivity contribution in [2.45, 2.75) is 26.6 Å². The monoisotopic (exact) mass is 475 g/mol. The van der Waals surface area contributed by atoms with Gasteiger partial charge in [-0.1, -0.05) is 23.7 Å². The highest BCUT2D eigenvalue weighted by Gasteiger charge is 2.31. The molecule has 0 fully saturated rings. The van der Waals surface area contributed by atoms with Crippen molar-refractivity contribution in [3.05, 3.63) is 81.0 Å². The van der Waals surface area contributed by atoms with Gasteiger partial charge in [0.1, 0.15) is 18.3 Å². The Bertz CT molecular complexity index is 1440. The second-order valence-corrected chi connectivity index (χ2v) is 7.84. The molecule has 33 heavy (non-hydrogen) atoms. The summed E-state index contributed by atoms with van der Waals surface area (Å²) in [7, 11) is 0. The Morgan fingerprint density at radius 2 is 1.94 bits per heavy atom. The van der Waals surface area contributed by atoms with Crippen LogP contribution in [0.5, 0.6) is 0 Å². The Labute approximate surface area is 190 Å². The number of amides is 1. The fourth-order valence-electron chi connectivity index (χ4n) is 3.34. The van der Waals surface area contributed by atoms with E-state index in [2.05, 4.69) is 15.4 Å². The molecule has 0 aliphatic carbocycles. The molecule has 1 N–H and O–H groups in total. The summed E-state index contributed by atoms with van der Waals surface area (Å²) in [5.41, 5.74) is 1.45. The molecule has 1 amide bonds. The van der Waals surface area contributed by atoms with Crippen LogP contribution in [0.3, 0.4) is 0 Å². The molecule has 0 radical (unpaired) electrons. The van der Waals surface area contributed by atoms with Crippen molar-refractivity contribution in [2.75, 3.05) is 5.32 Å². The number of anilines is 1. The number of carbonyl (C=O) groups excluding carboxylic acids is 1. The van der Waals surface area contributed by atoms with E-state index in [0.717, 1.165) is 39.6 Å². The number of hydrogen-bond acceptors (Lipinski definition) is 4. The fourth-order valence-corrected chi connectivity index (χ4v) is 3.51. The molecule has 4 rings (SSSR count). The molecule has 0 aliphatic rings. The molecule has 0 aliphatic heterocycles. The molecular formula is C22H17ClF3N5O2. The zero-order chi connectivity index (χ0) is 23.9. The Kier molecular flexibility index (Phi) is 5.71. The molecule has 2 aromatic carbocycles. The molecule has 7 nitrogen and oxygen atoms in total. The second kappa shape index (κ2) is 8.36. The standard InChI is InChI=1S/C22H17ClF3N5O2/c1-12-4-3-5-18(13(12)2)31-20-15(9-28-31)21(33)30(11-27-20)10-19(32)29-17-8-14(22(24,25)26)6-7-16(17)23/h3-9,11H,10H2,1-2H3,(H,29,32). The largest absolute Gasteiger partial charge is 0.416 e. The van der Waals surface area contributed by atoms with Crippen molar-refractivity contribution >= 4 is 34.2 Å². The van der Waals surface area contributed by atoms with Gasteiger partial charge in [-0.05, 0) is 49.2 Å². The topological polar surface area (TPSA) is 81.8 Å². The van der Waals surface area contributed by atoms with E-state index in [9.17, 15) is 22.8 Å². The van der Waals surface area contributed by atoms with Crippen LogP contribution in [0.2, 0.25) is 5.02 Å². The molecule has 0 atom stereocenters. The van der Waals surface area contributed by atoms with Crippen LogP contribution in [-0.2, 0) is 17.5 Å².